The van der Waals surface area contributed by atoms with Gasteiger partial charge in [-0.2, -0.15) is 4.98 Å². The molecular weight excluding hydrogens is 158 g/mol. The van der Waals surface area contributed by atoms with Gasteiger partial charge < -0.3 is 9.64 Å². The third kappa shape index (κ3) is 1.03. The van der Waals surface area contributed by atoms with Gasteiger partial charge in [-0.3, -0.25) is 4.98 Å². The number of ether oxygens (including phenoxy) is 1. The minimum absolute atomic E-state index is 0.371. The maximum Gasteiger partial charge on any atom is 0.347 e. The molecule has 5 heteroatoms. The van der Waals surface area contributed by atoms with Gasteiger partial charge >= 0.3 is 5.69 Å². The number of anilines is 1. The lowest BCUT2D eigenvalue weighted by molar-refractivity contribution is 0.297. The third-order valence-electron chi connectivity index (χ3n) is 1.84. The zero-order valence-corrected chi connectivity index (χ0v) is 6.70. The molecule has 64 valence electrons. The Kier molecular flexibility index (Phi) is 1.49. The maximum atomic E-state index is 10.8. The molecule has 5 nitrogen and oxygen atoms in total. The largest absolute Gasteiger partial charge is 0.475 e. The summed E-state index contributed by atoms with van der Waals surface area (Å²) in [5.74, 6) is 0.517. The molecule has 1 aromatic heterocycles. The Hall–Kier alpha value is -1.52. The van der Waals surface area contributed by atoms with Gasteiger partial charge in [-0.25, -0.2) is 4.79 Å². The zero-order chi connectivity index (χ0) is 8.55. The van der Waals surface area contributed by atoms with Crippen molar-refractivity contribution in [3.63, 3.8) is 0 Å². The van der Waals surface area contributed by atoms with E-state index in [4.69, 9.17) is 4.74 Å². The Balaban J connectivity index is 2.53. The van der Waals surface area contributed by atoms with Crippen molar-refractivity contribution in [3.05, 3.63) is 16.7 Å². The molecular formula is C7H9N3O2. The minimum Gasteiger partial charge on any atom is -0.475 e. The van der Waals surface area contributed by atoms with Crippen LogP contribution in [-0.4, -0.2) is 30.2 Å². The second-order valence-corrected chi connectivity index (χ2v) is 2.67. The van der Waals surface area contributed by atoms with E-state index in [1.54, 1.807) is 0 Å². The van der Waals surface area contributed by atoms with Gasteiger partial charge in [-0.05, 0) is 0 Å². The quantitative estimate of drug-likeness (QED) is 0.571. The fraction of sp³-hybridized carbons (Fsp3) is 0.429. The molecule has 1 N–H and O–H groups in total. The molecule has 1 aliphatic rings. The predicted octanol–water partition coefficient (Wildman–Crippen LogP) is -0.401. The van der Waals surface area contributed by atoms with Gasteiger partial charge in [-0.1, -0.05) is 0 Å². The Morgan fingerprint density at radius 2 is 2.58 bits per heavy atom. The fourth-order valence-corrected chi connectivity index (χ4v) is 1.16. The smallest absolute Gasteiger partial charge is 0.347 e. The van der Waals surface area contributed by atoms with Gasteiger partial charge in [0.1, 0.15) is 12.3 Å². The Labute approximate surface area is 69.0 Å². The van der Waals surface area contributed by atoms with Gasteiger partial charge in [0.25, 0.3) is 0 Å². The van der Waals surface area contributed by atoms with E-state index in [2.05, 4.69) is 9.97 Å². The summed E-state index contributed by atoms with van der Waals surface area (Å²) < 4.78 is 5.24. The highest BCUT2D eigenvalue weighted by Gasteiger charge is 2.15. The van der Waals surface area contributed by atoms with Crippen LogP contribution in [0.4, 0.5) is 5.69 Å². The van der Waals surface area contributed by atoms with Crippen molar-refractivity contribution in [2.45, 2.75) is 0 Å². The number of hydrogen-bond acceptors (Lipinski definition) is 4. The maximum absolute atomic E-state index is 10.8. The van der Waals surface area contributed by atoms with Crippen molar-refractivity contribution < 1.29 is 4.74 Å². The molecule has 1 aromatic rings. The van der Waals surface area contributed by atoms with E-state index < -0.39 is 0 Å². The van der Waals surface area contributed by atoms with Gasteiger partial charge in [0.2, 0.25) is 5.88 Å². The molecule has 12 heavy (non-hydrogen) atoms. The molecule has 0 aliphatic carbocycles. The average molecular weight is 167 g/mol. The number of fused-ring (bicyclic) bond motifs is 1. The fourth-order valence-electron chi connectivity index (χ4n) is 1.16. The summed E-state index contributed by atoms with van der Waals surface area (Å²) in [7, 11) is 1.93. The molecule has 0 amide bonds. The first-order valence-electron chi connectivity index (χ1n) is 3.70. The van der Waals surface area contributed by atoms with Crippen molar-refractivity contribution in [2.75, 3.05) is 25.1 Å². The Bertz CT molecular complexity index is 347. The number of hydrogen-bond donors (Lipinski definition) is 1. The van der Waals surface area contributed by atoms with Crippen LogP contribution in [0, 0.1) is 0 Å². The number of aromatic nitrogens is 2. The molecule has 2 heterocycles. The van der Waals surface area contributed by atoms with E-state index in [1.165, 1.54) is 6.20 Å². The van der Waals surface area contributed by atoms with Gasteiger partial charge in [0.05, 0.1) is 12.7 Å². The highest BCUT2D eigenvalue weighted by atomic mass is 16.5. The van der Waals surface area contributed by atoms with Crippen molar-refractivity contribution >= 4 is 5.69 Å². The summed E-state index contributed by atoms with van der Waals surface area (Å²) in [6.45, 7) is 1.42. The van der Waals surface area contributed by atoms with E-state index in [0.717, 1.165) is 12.2 Å². The third-order valence-corrected chi connectivity index (χ3v) is 1.84. The lowest BCUT2D eigenvalue weighted by atomic mass is 10.4. The lowest BCUT2D eigenvalue weighted by Gasteiger charge is -2.25. The molecule has 0 aromatic carbocycles. The highest BCUT2D eigenvalue weighted by Crippen LogP contribution is 2.24. The van der Waals surface area contributed by atoms with Crippen LogP contribution < -0.4 is 15.3 Å². The van der Waals surface area contributed by atoms with Crippen LogP contribution in [0.25, 0.3) is 0 Å². The van der Waals surface area contributed by atoms with Gasteiger partial charge in [-0.15, -0.1) is 0 Å². The molecule has 0 saturated heterocycles. The molecule has 0 bridgehead atoms. The van der Waals surface area contributed by atoms with Gasteiger partial charge in [0, 0.05) is 7.05 Å². The van der Waals surface area contributed by atoms with Crippen molar-refractivity contribution in [1.82, 2.24) is 9.97 Å². The second kappa shape index (κ2) is 2.51. The van der Waals surface area contributed by atoms with Crippen LogP contribution in [0.3, 0.4) is 0 Å². The molecule has 1 aliphatic heterocycles. The van der Waals surface area contributed by atoms with Crippen molar-refractivity contribution in [3.8, 4) is 5.88 Å². The standard InChI is InChI=1S/C7H9N3O2/c1-10-2-3-12-6-5(10)4-8-7(11)9-6/h4H,2-3H2,1H3,(H,8,9,11). The number of H-pyrrole nitrogens is 1. The molecule has 0 fully saturated rings. The van der Waals surface area contributed by atoms with Crippen LogP contribution in [0.5, 0.6) is 5.88 Å². The molecule has 0 saturated carbocycles. The number of nitrogens with zero attached hydrogens (tertiary/aromatic N) is 2. The van der Waals surface area contributed by atoms with Crippen LogP contribution >= 0.6 is 0 Å². The number of likely N-dealkylation sites (N-methyl/N-ethyl adjacent to an activating group) is 1. The number of nitrogens with one attached hydrogen (secondary N) is 1. The van der Waals surface area contributed by atoms with Crippen molar-refractivity contribution in [2.24, 2.45) is 0 Å². The van der Waals surface area contributed by atoms with Crippen molar-refractivity contribution in [1.29, 1.82) is 0 Å². The number of rotatable bonds is 0. The lowest BCUT2D eigenvalue weighted by Crippen LogP contribution is -2.31. The summed E-state index contributed by atoms with van der Waals surface area (Å²) in [6.07, 6.45) is 1.52. The molecule has 0 spiro atoms. The van der Waals surface area contributed by atoms with E-state index in [0.29, 0.717) is 12.5 Å². The molecule has 2 rings (SSSR count). The summed E-state index contributed by atoms with van der Waals surface area (Å²) >= 11 is 0. The summed E-state index contributed by atoms with van der Waals surface area (Å²) in [4.78, 5) is 18.9. The first-order valence-corrected chi connectivity index (χ1v) is 3.70. The van der Waals surface area contributed by atoms with Crippen LogP contribution in [0.1, 0.15) is 0 Å². The summed E-state index contributed by atoms with van der Waals surface area (Å²) in [5, 5.41) is 0. The summed E-state index contributed by atoms with van der Waals surface area (Å²) in [6, 6.07) is 0. The normalized spacial score (nSPS) is 15.2. The second-order valence-electron chi connectivity index (χ2n) is 2.67. The molecule has 0 atom stereocenters. The first-order chi connectivity index (χ1) is 5.77. The van der Waals surface area contributed by atoms with E-state index in [9.17, 15) is 4.79 Å². The first kappa shape index (κ1) is 7.15. The van der Waals surface area contributed by atoms with Crippen LogP contribution in [0.2, 0.25) is 0 Å². The van der Waals surface area contributed by atoms with Crippen LogP contribution in [0.15, 0.2) is 11.0 Å². The zero-order valence-electron chi connectivity index (χ0n) is 6.70. The highest BCUT2D eigenvalue weighted by molar-refractivity contribution is 5.53. The van der Waals surface area contributed by atoms with Gasteiger partial charge in [0.15, 0.2) is 0 Å². The summed E-state index contributed by atoms with van der Waals surface area (Å²) in [5.41, 5.74) is 0.463. The Morgan fingerprint density at radius 1 is 1.75 bits per heavy atom. The Morgan fingerprint density at radius 3 is 3.42 bits per heavy atom. The monoisotopic (exact) mass is 167 g/mol. The van der Waals surface area contributed by atoms with Crippen LogP contribution in [-0.2, 0) is 0 Å². The SMILES string of the molecule is CN1CCOc2[nH]c(=O)ncc21. The topological polar surface area (TPSA) is 58.2 Å². The van der Waals surface area contributed by atoms with E-state index >= 15 is 0 Å². The minimum atomic E-state index is -0.371. The average Bonchev–Trinajstić information content (AvgIpc) is 2.04. The molecule has 0 unspecified atom stereocenters. The molecule has 0 radical (unpaired) electrons. The van der Waals surface area contributed by atoms with E-state index in [1.807, 2.05) is 11.9 Å². The van der Waals surface area contributed by atoms with E-state index in [-0.39, 0.29) is 5.69 Å². The predicted molar refractivity (Wildman–Crippen MR) is 43.6 cm³/mol. The number of aromatic amines is 1.